The average molecular weight is 688 g/mol. The van der Waals surface area contributed by atoms with Gasteiger partial charge in [-0.3, -0.25) is 9.78 Å². The van der Waals surface area contributed by atoms with Crippen LogP contribution in [0.5, 0.6) is 5.88 Å². The van der Waals surface area contributed by atoms with E-state index in [0.29, 0.717) is 39.8 Å². The Bertz CT molecular complexity index is 1920. The lowest BCUT2D eigenvalue weighted by Gasteiger charge is -2.28. The van der Waals surface area contributed by atoms with Crippen molar-refractivity contribution in [2.75, 3.05) is 7.11 Å². The standard InChI is InChI=1S/C34H27F6N3O4S/c1-16-10-19(31(44)45)11-17(2)28(16)20-12-24(30(47-3)42-15-20)22-5-4-21(33(35,36)37)14-23(22)25-6-7-26-29(48-32(46)43(25)26)18-8-9-41-27(13-18)34(38,39)40/h4-5,8-15,25-26,29H,6-7H2,1-3H3,(H,44,45)/t25-,26-,29+/m0/s1. The number of amides is 1. The van der Waals surface area contributed by atoms with Gasteiger partial charge < -0.3 is 14.7 Å². The maximum atomic E-state index is 14.1. The van der Waals surface area contributed by atoms with Gasteiger partial charge in [-0.1, -0.05) is 17.8 Å². The van der Waals surface area contributed by atoms with Crippen molar-refractivity contribution in [3.05, 3.63) is 100.0 Å². The van der Waals surface area contributed by atoms with Gasteiger partial charge in [0.2, 0.25) is 5.88 Å². The zero-order valence-electron chi connectivity index (χ0n) is 25.6. The molecule has 2 fully saturated rings. The number of aromatic nitrogens is 2. The fraction of sp³-hybridized carbons (Fsp3) is 0.294. The molecule has 0 unspecified atom stereocenters. The molecule has 6 rings (SSSR count). The number of carboxylic acids is 1. The number of methoxy groups -OCH3 is 1. The Morgan fingerprint density at radius 2 is 1.65 bits per heavy atom. The Hall–Kier alpha value is -4.59. The number of pyridine rings is 2. The van der Waals surface area contributed by atoms with E-state index in [1.54, 1.807) is 19.9 Å². The number of rotatable bonds is 6. The number of halogens is 6. The predicted octanol–water partition coefficient (Wildman–Crippen LogP) is 9.29. The first-order chi connectivity index (χ1) is 22.6. The molecular formula is C34H27F6N3O4S. The molecule has 2 aromatic heterocycles. The molecule has 1 N–H and O–H groups in total. The smallest absolute Gasteiger partial charge is 0.433 e. The van der Waals surface area contributed by atoms with Crippen molar-refractivity contribution in [2.24, 2.45) is 0 Å². The van der Waals surface area contributed by atoms with Crippen LogP contribution in [-0.4, -0.2) is 44.3 Å². The van der Waals surface area contributed by atoms with E-state index in [-0.39, 0.29) is 29.0 Å². The van der Waals surface area contributed by atoms with Gasteiger partial charge in [0.05, 0.1) is 29.5 Å². The van der Waals surface area contributed by atoms with Crippen LogP contribution in [0.25, 0.3) is 22.3 Å². The van der Waals surface area contributed by atoms with Crippen LogP contribution in [0.3, 0.4) is 0 Å². The molecule has 2 aliphatic heterocycles. The second-order valence-electron chi connectivity index (χ2n) is 11.7. The van der Waals surface area contributed by atoms with Crippen LogP contribution < -0.4 is 4.74 Å². The normalized spacial score (nSPS) is 19.5. The molecule has 7 nitrogen and oxygen atoms in total. The quantitative estimate of drug-likeness (QED) is 0.202. The van der Waals surface area contributed by atoms with Gasteiger partial charge in [-0.15, -0.1) is 0 Å². The highest BCUT2D eigenvalue weighted by molar-refractivity contribution is 8.14. The third-order valence-corrected chi connectivity index (χ3v) is 10.0. The van der Waals surface area contributed by atoms with Gasteiger partial charge >= 0.3 is 18.3 Å². The molecule has 250 valence electrons. The maximum Gasteiger partial charge on any atom is 0.433 e. The molecule has 14 heteroatoms. The van der Waals surface area contributed by atoms with E-state index in [1.165, 1.54) is 42.5 Å². The van der Waals surface area contributed by atoms with Crippen LogP contribution in [0.2, 0.25) is 0 Å². The number of alkyl halides is 6. The summed E-state index contributed by atoms with van der Waals surface area (Å²) in [6.45, 7) is 3.49. The Balaban J connectivity index is 1.47. The number of aryl methyl sites for hydroxylation is 2. The van der Waals surface area contributed by atoms with Gasteiger partial charge in [-0.05, 0) is 103 Å². The maximum absolute atomic E-state index is 14.1. The second kappa shape index (κ2) is 12.1. The van der Waals surface area contributed by atoms with Crippen LogP contribution in [0.4, 0.5) is 31.1 Å². The predicted molar refractivity (Wildman–Crippen MR) is 166 cm³/mol. The molecule has 0 aliphatic carbocycles. The first kappa shape index (κ1) is 33.3. The molecular weight excluding hydrogens is 660 g/mol. The van der Waals surface area contributed by atoms with Gasteiger partial charge in [0, 0.05) is 29.6 Å². The summed E-state index contributed by atoms with van der Waals surface area (Å²) >= 11 is 0.844. The van der Waals surface area contributed by atoms with E-state index in [4.69, 9.17) is 4.74 Å². The van der Waals surface area contributed by atoms with Gasteiger partial charge in [-0.25, -0.2) is 9.78 Å². The molecule has 0 saturated carbocycles. The summed E-state index contributed by atoms with van der Waals surface area (Å²) in [5.74, 6) is -0.977. The molecule has 48 heavy (non-hydrogen) atoms. The van der Waals surface area contributed by atoms with E-state index in [1.807, 2.05) is 0 Å². The zero-order valence-corrected chi connectivity index (χ0v) is 26.4. The van der Waals surface area contributed by atoms with Crippen molar-refractivity contribution in [3.8, 4) is 28.1 Å². The highest BCUT2D eigenvalue weighted by atomic mass is 32.2. The SMILES string of the molecule is COc1ncc(-c2c(C)cc(C(=O)O)cc2C)cc1-c1ccc(C(F)(F)F)cc1[C@@H]1CC[C@H]2[C@@H](c3ccnc(C(F)(F)F)c3)SC(=O)N12. The first-order valence-corrected chi connectivity index (χ1v) is 15.6. The Morgan fingerprint density at radius 1 is 0.938 bits per heavy atom. The second-order valence-corrected chi connectivity index (χ2v) is 12.8. The highest BCUT2D eigenvalue weighted by Gasteiger charge is 2.50. The number of fused-ring (bicyclic) bond motifs is 1. The summed E-state index contributed by atoms with van der Waals surface area (Å²) in [4.78, 5) is 34.4. The number of thioether (sulfide) groups is 1. The Kier molecular flexibility index (Phi) is 8.42. The molecule has 0 bridgehead atoms. The van der Waals surface area contributed by atoms with Crippen LogP contribution >= 0.6 is 11.8 Å². The van der Waals surface area contributed by atoms with Gasteiger partial charge in [0.25, 0.3) is 5.24 Å². The van der Waals surface area contributed by atoms with E-state index in [9.17, 15) is 41.0 Å². The number of hydrogen-bond acceptors (Lipinski definition) is 6. The molecule has 1 amide bonds. The van der Waals surface area contributed by atoms with Crippen molar-refractivity contribution in [1.29, 1.82) is 0 Å². The number of hydrogen-bond donors (Lipinski definition) is 1. The van der Waals surface area contributed by atoms with Crippen molar-refractivity contribution in [2.45, 2.75) is 56.4 Å². The number of aromatic carboxylic acids is 1. The number of ether oxygens (including phenoxy) is 1. The third kappa shape index (κ3) is 5.97. The number of carboxylic acid groups (broad SMARTS) is 1. The van der Waals surface area contributed by atoms with Gasteiger partial charge in [0.15, 0.2) is 0 Å². The summed E-state index contributed by atoms with van der Waals surface area (Å²) in [6, 6.07) is 8.93. The lowest BCUT2D eigenvalue weighted by atomic mass is 9.89. The fourth-order valence-corrected chi connectivity index (χ4v) is 8.08. The van der Waals surface area contributed by atoms with E-state index >= 15 is 0 Å². The molecule has 2 aliphatic rings. The molecule has 0 radical (unpaired) electrons. The van der Waals surface area contributed by atoms with Gasteiger partial charge in [-0.2, -0.15) is 26.3 Å². The summed E-state index contributed by atoms with van der Waals surface area (Å²) < 4.78 is 88.2. The minimum absolute atomic E-state index is 0.101. The first-order valence-electron chi connectivity index (χ1n) is 14.7. The summed E-state index contributed by atoms with van der Waals surface area (Å²) in [7, 11) is 1.37. The Morgan fingerprint density at radius 3 is 2.27 bits per heavy atom. The number of carbonyl (C=O) groups excluding carboxylic acids is 1. The minimum atomic E-state index is -4.70. The molecule has 2 saturated heterocycles. The number of nitrogens with zero attached hydrogens (tertiary/aromatic N) is 3. The Labute approximate surface area is 275 Å². The zero-order chi connectivity index (χ0) is 34.7. The van der Waals surface area contributed by atoms with Crippen molar-refractivity contribution in [3.63, 3.8) is 0 Å². The lowest BCUT2D eigenvalue weighted by Crippen LogP contribution is -2.31. The molecule has 4 heterocycles. The van der Waals surface area contributed by atoms with Crippen LogP contribution in [-0.2, 0) is 12.4 Å². The monoisotopic (exact) mass is 687 g/mol. The van der Waals surface area contributed by atoms with Crippen molar-refractivity contribution < 1.29 is 45.8 Å². The van der Waals surface area contributed by atoms with Gasteiger partial charge in [0.1, 0.15) is 5.69 Å². The minimum Gasteiger partial charge on any atom is -0.481 e. The van der Waals surface area contributed by atoms with E-state index < -0.39 is 52.2 Å². The topological polar surface area (TPSA) is 92.6 Å². The summed E-state index contributed by atoms with van der Waals surface area (Å²) in [6.07, 6.45) is -6.21. The molecule has 4 aromatic rings. The summed E-state index contributed by atoms with van der Waals surface area (Å²) in [5, 5.41) is 8.36. The van der Waals surface area contributed by atoms with Crippen LogP contribution in [0.15, 0.2) is 60.9 Å². The number of benzene rings is 2. The summed E-state index contributed by atoms with van der Waals surface area (Å²) in [5.41, 5.74) is 1.76. The van der Waals surface area contributed by atoms with E-state index in [0.717, 1.165) is 36.2 Å². The average Bonchev–Trinajstić information content (AvgIpc) is 3.60. The fourth-order valence-electron chi connectivity index (χ4n) is 6.77. The molecule has 0 spiro atoms. The van der Waals surface area contributed by atoms with E-state index in [2.05, 4.69) is 9.97 Å². The third-order valence-electron chi connectivity index (χ3n) is 8.76. The molecule has 2 aromatic carbocycles. The largest absolute Gasteiger partial charge is 0.481 e. The highest BCUT2D eigenvalue weighted by Crippen LogP contribution is 2.55. The van der Waals surface area contributed by atoms with Crippen molar-refractivity contribution >= 4 is 23.0 Å². The molecule has 3 atom stereocenters. The van der Waals surface area contributed by atoms with Crippen LogP contribution in [0.1, 0.15) is 68.0 Å². The van der Waals surface area contributed by atoms with Crippen molar-refractivity contribution in [1.82, 2.24) is 14.9 Å². The lowest BCUT2D eigenvalue weighted by molar-refractivity contribution is -0.141. The van der Waals surface area contributed by atoms with Crippen LogP contribution in [0, 0.1) is 13.8 Å². The number of carbonyl (C=O) groups is 2.